The molecule has 1 aliphatic heterocycles. The summed E-state index contributed by atoms with van der Waals surface area (Å²) in [5.74, 6) is 0.00997. The van der Waals surface area contributed by atoms with Crippen LogP contribution in [0.2, 0.25) is 0 Å². The van der Waals surface area contributed by atoms with Gasteiger partial charge in [0.2, 0.25) is 0 Å². The predicted molar refractivity (Wildman–Crippen MR) is 106 cm³/mol. The molecule has 2 aromatic rings. The van der Waals surface area contributed by atoms with E-state index < -0.39 is 0 Å². The summed E-state index contributed by atoms with van der Waals surface area (Å²) >= 11 is 0. The minimum absolute atomic E-state index is 0.00997. The van der Waals surface area contributed by atoms with Gasteiger partial charge in [-0.2, -0.15) is 0 Å². The molecule has 0 saturated carbocycles. The fourth-order valence-corrected chi connectivity index (χ4v) is 3.17. The van der Waals surface area contributed by atoms with E-state index >= 15 is 0 Å². The number of hydrogen-bond donors (Lipinski definition) is 1. The molecule has 1 saturated heterocycles. The largest absolute Gasteiger partial charge is 0.378 e. The molecule has 138 valence electrons. The van der Waals surface area contributed by atoms with Crippen molar-refractivity contribution < 1.29 is 9.53 Å². The van der Waals surface area contributed by atoms with Crippen LogP contribution in [-0.2, 0) is 11.2 Å². The first-order valence-electron chi connectivity index (χ1n) is 9.40. The van der Waals surface area contributed by atoms with Crippen molar-refractivity contribution in [2.45, 2.75) is 26.7 Å². The Kier molecular flexibility index (Phi) is 6.29. The van der Waals surface area contributed by atoms with Gasteiger partial charge in [0.1, 0.15) is 0 Å². The highest BCUT2D eigenvalue weighted by Crippen LogP contribution is 2.17. The van der Waals surface area contributed by atoms with Crippen molar-refractivity contribution >= 4 is 11.6 Å². The number of anilines is 1. The van der Waals surface area contributed by atoms with E-state index in [0.29, 0.717) is 6.54 Å². The van der Waals surface area contributed by atoms with Gasteiger partial charge in [-0.05, 0) is 67.6 Å². The molecule has 3 rings (SSSR count). The Morgan fingerprint density at radius 3 is 2.46 bits per heavy atom. The van der Waals surface area contributed by atoms with Gasteiger partial charge < -0.3 is 15.0 Å². The summed E-state index contributed by atoms with van der Waals surface area (Å²) in [7, 11) is 0. The van der Waals surface area contributed by atoms with E-state index in [2.05, 4.69) is 41.4 Å². The zero-order chi connectivity index (χ0) is 18.4. The van der Waals surface area contributed by atoms with Crippen molar-refractivity contribution in [3.63, 3.8) is 0 Å². The van der Waals surface area contributed by atoms with Gasteiger partial charge in [0.05, 0.1) is 13.2 Å². The second kappa shape index (κ2) is 8.86. The Morgan fingerprint density at radius 2 is 1.77 bits per heavy atom. The van der Waals surface area contributed by atoms with Crippen molar-refractivity contribution in [3.8, 4) is 0 Å². The van der Waals surface area contributed by atoms with E-state index in [9.17, 15) is 4.79 Å². The summed E-state index contributed by atoms with van der Waals surface area (Å²) in [5, 5.41) is 3.02. The zero-order valence-electron chi connectivity index (χ0n) is 15.8. The van der Waals surface area contributed by atoms with Crippen LogP contribution in [0.5, 0.6) is 0 Å². The molecular weight excluding hydrogens is 324 g/mol. The summed E-state index contributed by atoms with van der Waals surface area (Å²) in [6.45, 7) is 8.32. The summed E-state index contributed by atoms with van der Waals surface area (Å²) in [6, 6.07) is 14.6. The van der Waals surface area contributed by atoms with Gasteiger partial charge in [-0.15, -0.1) is 0 Å². The first-order valence-corrected chi connectivity index (χ1v) is 9.40. The zero-order valence-corrected chi connectivity index (χ0v) is 15.8. The molecule has 4 heteroatoms. The van der Waals surface area contributed by atoms with Crippen LogP contribution in [0.25, 0.3) is 0 Å². The lowest BCUT2D eigenvalue weighted by Crippen LogP contribution is -2.36. The van der Waals surface area contributed by atoms with Crippen LogP contribution in [0.15, 0.2) is 42.5 Å². The SMILES string of the molecule is Cc1ccc(C(=O)NCCCc2ccc(N3CCOCC3)cc2)cc1C. The van der Waals surface area contributed by atoms with Crippen molar-refractivity contribution in [1.82, 2.24) is 5.32 Å². The summed E-state index contributed by atoms with van der Waals surface area (Å²) in [5.41, 5.74) is 5.67. The molecule has 1 fully saturated rings. The first-order chi connectivity index (χ1) is 12.6. The Balaban J connectivity index is 1.43. The van der Waals surface area contributed by atoms with E-state index in [1.807, 2.05) is 25.1 Å². The van der Waals surface area contributed by atoms with Crippen LogP contribution < -0.4 is 10.2 Å². The van der Waals surface area contributed by atoms with Crippen molar-refractivity contribution in [2.75, 3.05) is 37.7 Å². The van der Waals surface area contributed by atoms with Crippen LogP contribution in [0.4, 0.5) is 5.69 Å². The molecule has 0 bridgehead atoms. The molecule has 0 radical (unpaired) electrons. The van der Waals surface area contributed by atoms with Gasteiger partial charge in [-0.1, -0.05) is 18.2 Å². The third-order valence-electron chi connectivity index (χ3n) is 5.01. The smallest absolute Gasteiger partial charge is 0.251 e. The van der Waals surface area contributed by atoms with Crippen molar-refractivity contribution in [1.29, 1.82) is 0 Å². The monoisotopic (exact) mass is 352 g/mol. The van der Waals surface area contributed by atoms with E-state index in [1.54, 1.807) is 0 Å². The number of hydrogen-bond acceptors (Lipinski definition) is 3. The van der Waals surface area contributed by atoms with Gasteiger partial charge in [0.15, 0.2) is 0 Å². The van der Waals surface area contributed by atoms with Crippen LogP contribution in [0, 0.1) is 13.8 Å². The second-order valence-electron chi connectivity index (χ2n) is 6.92. The van der Waals surface area contributed by atoms with Crippen molar-refractivity contribution in [3.05, 3.63) is 64.7 Å². The fraction of sp³-hybridized carbons (Fsp3) is 0.409. The Hall–Kier alpha value is -2.33. The number of nitrogens with one attached hydrogen (secondary N) is 1. The van der Waals surface area contributed by atoms with Gasteiger partial charge in [0.25, 0.3) is 5.91 Å². The van der Waals surface area contributed by atoms with E-state index in [-0.39, 0.29) is 5.91 Å². The molecule has 0 atom stereocenters. The molecule has 1 amide bonds. The minimum Gasteiger partial charge on any atom is -0.378 e. The molecule has 1 heterocycles. The molecule has 1 N–H and O–H groups in total. The number of aryl methyl sites for hydroxylation is 3. The molecule has 4 nitrogen and oxygen atoms in total. The maximum Gasteiger partial charge on any atom is 0.251 e. The van der Waals surface area contributed by atoms with Gasteiger partial charge in [-0.25, -0.2) is 0 Å². The number of ether oxygens (including phenoxy) is 1. The number of carbonyl (C=O) groups is 1. The Morgan fingerprint density at radius 1 is 1.04 bits per heavy atom. The third kappa shape index (κ3) is 4.85. The maximum absolute atomic E-state index is 12.2. The van der Waals surface area contributed by atoms with Gasteiger partial charge >= 0.3 is 0 Å². The van der Waals surface area contributed by atoms with Crippen LogP contribution in [0.1, 0.15) is 33.5 Å². The van der Waals surface area contributed by atoms with Gasteiger partial charge in [0, 0.05) is 30.9 Å². The molecule has 0 aromatic heterocycles. The second-order valence-corrected chi connectivity index (χ2v) is 6.92. The number of amides is 1. The molecule has 0 unspecified atom stereocenters. The summed E-state index contributed by atoms with van der Waals surface area (Å²) in [4.78, 5) is 14.6. The van der Waals surface area contributed by atoms with Crippen molar-refractivity contribution in [2.24, 2.45) is 0 Å². The normalized spacial score (nSPS) is 14.3. The topological polar surface area (TPSA) is 41.6 Å². The predicted octanol–water partition coefficient (Wildman–Crippen LogP) is 3.50. The number of nitrogens with zero attached hydrogens (tertiary/aromatic N) is 1. The van der Waals surface area contributed by atoms with Crippen LogP contribution >= 0.6 is 0 Å². The highest BCUT2D eigenvalue weighted by Gasteiger charge is 2.10. The Labute approximate surface area is 156 Å². The van der Waals surface area contributed by atoms with E-state index in [0.717, 1.165) is 50.3 Å². The lowest BCUT2D eigenvalue weighted by atomic mass is 10.1. The first kappa shape index (κ1) is 18.5. The number of carbonyl (C=O) groups excluding carboxylic acids is 1. The minimum atomic E-state index is 0.00997. The molecule has 0 spiro atoms. The number of morpholine rings is 1. The third-order valence-corrected chi connectivity index (χ3v) is 5.01. The molecule has 0 aliphatic carbocycles. The quantitative estimate of drug-likeness (QED) is 0.809. The van der Waals surface area contributed by atoms with Crippen LogP contribution in [-0.4, -0.2) is 38.8 Å². The standard InChI is InChI=1S/C22H28N2O2/c1-17-5-8-20(16-18(17)2)22(25)23-11-3-4-19-6-9-21(10-7-19)24-12-14-26-15-13-24/h5-10,16H,3-4,11-15H2,1-2H3,(H,23,25). The summed E-state index contributed by atoms with van der Waals surface area (Å²) < 4.78 is 5.40. The molecular formula is C22H28N2O2. The van der Waals surface area contributed by atoms with E-state index in [4.69, 9.17) is 4.74 Å². The number of rotatable bonds is 6. The molecule has 26 heavy (non-hydrogen) atoms. The van der Waals surface area contributed by atoms with E-state index in [1.165, 1.54) is 16.8 Å². The average molecular weight is 352 g/mol. The fourth-order valence-electron chi connectivity index (χ4n) is 3.17. The lowest BCUT2D eigenvalue weighted by Gasteiger charge is -2.28. The van der Waals surface area contributed by atoms with Crippen LogP contribution in [0.3, 0.4) is 0 Å². The molecule has 2 aromatic carbocycles. The molecule has 1 aliphatic rings. The summed E-state index contributed by atoms with van der Waals surface area (Å²) in [6.07, 6.45) is 1.91. The maximum atomic E-state index is 12.2. The average Bonchev–Trinajstić information content (AvgIpc) is 2.68. The Bertz CT molecular complexity index is 734. The highest BCUT2D eigenvalue weighted by molar-refractivity contribution is 5.94. The number of benzene rings is 2. The lowest BCUT2D eigenvalue weighted by molar-refractivity contribution is 0.0953. The highest BCUT2D eigenvalue weighted by atomic mass is 16.5. The van der Waals surface area contributed by atoms with Gasteiger partial charge in [-0.3, -0.25) is 4.79 Å².